The third-order valence-electron chi connectivity index (χ3n) is 4.12. The molecule has 2 aromatic carbocycles. The summed E-state index contributed by atoms with van der Waals surface area (Å²) in [6.07, 6.45) is 0. The Hall–Kier alpha value is -1.17. The van der Waals surface area contributed by atoms with Crippen LogP contribution in [0.5, 0.6) is 0 Å². The molecule has 1 saturated heterocycles. The number of aliphatic carboxylic acids is 1. The number of rotatable bonds is 6. The molecule has 0 spiro atoms. The van der Waals surface area contributed by atoms with Gasteiger partial charge in [0.15, 0.2) is 5.54 Å². The second kappa shape index (κ2) is 8.08. The van der Waals surface area contributed by atoms with E-state index in [2.05, 4.69) is 0 Å². The van der Waals surface area contributed by atoms with E-state index in [0.29, 0.717) is 13.1 Å². The first-order valence-electron chi connectivity index (χ1n) is 7.35. The van der Waals surface area contributed by atoms with E-state index in [1.54, 1.807) is 0 Å². The molecule has 2 aromatic rings. The van der Waals surface area contributed by atoms with Crippen molar-refractivity contribution in [3.05, 3.63) is 71.8 Å². The molecule has 23 heavy (non-hydrogen) atoms. The van der Waals surface area contributed by atoms with Gasteiger partial charge in [-0.05, 0) is 11.1 Å². The van der Waals surface area contributed by atoms with Crippen LogP contribution in [-0.4, -0.2) is 34.7 Å². The minimum absolute atomic E-state index is 0. The molecule has 0 saturated carbocycles. The number of ether oxygens (including phenoxy) is 1. The average Bonchev–Trinajstić information content (AvgIpc) is 2.47. The molecule has 1 aliphatic heterocycles. The number of hydrogen-bond donors (Lipinski definition) is 1. The summed E-state index contributed by atoms with van der Waals surface area (Å²) in [5.41, 5.74) is 1.28. The average molecular weight is 321 g/mol. The van der Waals surface area contributed by atoms with Gasteiger partial charge in [0.25, 0.3) is 0 Å². The van der Waals surface area contributed by atoms with Crippen molar-refractivity contribution >= 4 is 5.97 Å². The second-order valence-corrected chi connectivity index (χ2v) is 5.66. The Morgan fingerprint density at radius 1 is 1.00 bits per heavy atom. The SMILES string of the molecule is O=C(O)C1(N(Cc2ccccc2)Cc2ccccc2)COC1.[H-].[Na+]. The van der Waals surface area contributed by atoms with Crippen LogP contribution in [0.25, 0.3) is 0 Å². The van der Waals surface area contributed by atoms with E-state index in [0.717, 1.165) is 11.1 Å². The Bertz CT molecular complexity index is 594. The van der Waals surface area contributed by atoms with Gasteiger partial charge in [0.05, 0.1) is 13.2 Å². The van der Waals surface area contributed by atoms with Gasteiger partial charge in [-0.1, -0.05) is 60.7 Å². The third kappa shape index (κ3) is 4.03. The van der Waals surface area contributed by atoms with Crippen LogP contribution in [0.15, 0.2) is 60.7 Å². The van der Waals surface area contributed by atoms with Gasteiger partial charge in [0, 0.05) is 13.1 Å². The van der Waals surface area contributed by atoms with Crippen molar-refractivity contribution in [2.45, 2.75) is 18.6 Å². The van der Waals surface area contributed by atoms with Gasteiger partial charge in [-0.15, -0.1) is 0 Å². The Kier molecular flexibility index (Phi) is 6.39. The smallest absolute Gasteiger partial charge is 1.00 e. The molecule has 0 radical (unpaired) electrons. The van der Waals surface area contributed by atoms with Gasteiger partial charge in [0.1, 0.15) is 0 Å². The first kappa shape index (κ1) is 18.2. The van der Waals surface area contributed by atoms with Crippen molar-refractivity contribution < 1.29 is 45.6 Å². The van der Waals surface area contributed by atoms with Crippen LogP contribution in [0.3, 0.4) is 0 Å². The Morgan fingerprint density at radius 2 is 1.43 bits per heavy atom. The molecular weight excluding hydrogens is 301 g/mol. The molecule has 1 fully saturated rings. The fourth-order valence-electron chi connectivity index (χ4n) is 2.70. The second-order valence-electron chi connectivity index (χ2n) is 5.66. The zero-order chi connectivity index (χ0) is 15.4. The third-order valence-corrected chi connectivity index (χ3v) is 4.12. The topological polar surface area (TPSA) is 49.8 Å². The molecule has 1 N–H and O–H groups in total. The summed E-state index contributed by atoms with van der Waals surface area (Å²) in [4.78, 5) is 13.8. The summed E-state index contributed by atoms with van der Waals surface area (Å²) in [6.45, 7) is 1.65. The summed E-state index contributed by atoms with van der Waals surface area (Å²) in [5.74, 6) is -0.814. The predicted octanol–water partition coefficient (Wildman–Crippen LogP) is -0.341. The van der Waals surface area contributed by atoms with Crippen molar-refractivity contribution in [2.24, 2.45) is 0 Å². The maximum atomic E-state index is 11.8. The van der Waals surface area contributed by atoms with E-state index >= 15 is 0 Å². The fraction of sp³-hybridized carbons (Fsp3) is 0.278. The van der Waals surface area contributed by atoms with E-state index in [1.807, 2.05) is 65.6 Å². The van der Waals surface area contributed by atoms with E-state index in [-0.39, 0.29) is 44.2 Å². The van der Waals surface area contributed by atoms with Crippen LogP contribution in [-0.2, 0) is 22.6 Å². The molecular formula is C18H20NNaO3. The molecule has 0 unspecified atom stereocenters. The standard InChI is InChI=1S/C18H19NO3.Na.H/c20-17(21)18(13-22-14-18)19(11-15-7-3-1-4-8-15)12-16-9-5-2-6-10-16;;/h1-10H,11-14H2,(H,20,21);;/q;+1;-1. The van der Waals surface area contributed by atoms with E-state index in [9.17, 15) is 9.90 Å². The summed E-state index contributed by atoms with van der Waals surface area (Å²) >= 11 is 0. The van der Waals surface area contributed by atoms with Gasteiger partial charge in [0.2, 0.25) is 0 Å². The van der Waals surface area contributed by atoms with Gasteiger partial charge in [-0.25, -0.2) is 0 Å². The van der Waals surface area contributed by atoms with Crippen LogP contribution in [0.1, 0.15) is 12.6 Å². The molecule has 0 atom stereocenters. The zero-order valence-electron chi connectivity index (χ0n) is 14.3. The van der Waals surface area contributed by atoms with Crippen LogP contribution in [0.4, 0.5) is 0 Å². The first-order valence-corrected chi connectivity index (χ1v) is 7.35. The molecule has 0 bridgehead atoms. The van der Waals surface area contributed by atoms with Gasteiger partial charge >= 0.3 is 35.5 Å². The quantitative estimate of drug-likeness (QED) is 0.740. The monoisotopic (exact) mass is 321 g/mol. The maximum absolute atomic E-state index is 11.8. The van der Waals surface area contributed by atoms with Crippen molar-refractivity contribution in [1.82, 2.24) is 4.90 Å². The van der Waals surface area contributed by atoms with Crippen LogP contribution < -0.4 is 29.6 Å². The van der Waals surface area contributed by atoms with E-state index in [1.165, 1.54) is 0 Å². The largest absolute Gasteiger partial charge is 1.00 e. The fourth-order valence-corrected chi connectivity index (χ4v) is 2.70. The molecule has 0 aromatic heterocycles. The number of nitrogens with zero attached hydrogens (tertiary/aromatic N) is 1. The number of carbonyl (C=O) groups is 1. The molecule has 116 valence electrons. The summed E-state index contributed by atoms with van der Waals surface area (Å²) in [5, 5.41) is 9.69. The number of carboxylic acids is 1. The minimum atomic E-state index is -0.925. The Morgan fingerprint density at radius 3 is 1.74 bits per heavy atom. The first-order chi connectivity index (χ1) is 10.7. The van der Waals surface area contributed by atoms with Crippen molar-refractivity contribution in [3.8, 4) is 0 Å². The van der Waals surface area contributed by atoms with Crippen LogP contribution in [0, 0.1) is 0 Å². The minimum Gasteiger partial charge on any atom is -1.00 e. The molecule has 0 amide bonds. The van der Waals surface area contributed by atoms with E-state index in [4.69, 9.17) is 4.74 Å². The molecule has 5 heteroatoms. The van der Waals surface area contributed by atoms with Crippen LogP contribution in [0.2, 0.25) is 0 Å². The van der Waals surface area contributed by atoms with E-state index < -0.39 is 11.5 Å². The number of benzene rings is 2. The number of hydrogen-bond acceptors (Lipinski definition) is 3. The van der Waals surface area contributed by atoms with Crippen molar-refractivity contribution in [1.29, 1.82) is 0 Å². The normalized spacial score (nSPS) is 15.5. The Balaban J connectivity index is 0.00000144. The van der Waals surface area contributed by atoms with Crippen LogP contribution >= 0.6 is 0 Å². The Labute approximate surface area is 159 Å². The molecule has 0 aliphatic carbocycles. The molecule has 1 aliphatic rings. The predicted molar refractivity (Wildman–Crippen MR) is 84.4 cm³/mol. The summed E-state index contributed by atoms with van der Waals surface area (Å²) < 4.78 is 5.23. The van der Waals surface area contributed by atoms with Gasteiger partial charge in [-0.3, -0.25) is 9.69 Å². The number of carboxylic acid groups (broad SMARTS) is 1. The van der Waals surface area contributed by atoms with Gasteiger partial charge < -0.3 is 11.3 Å². The molecule has 4 nitrogen and oxygen atoms in total. The van der Waals surface area contributed by atoms with Crippen molar-refractivity contribution in [2.75, 3.05) is 13.2 Å². The molecule has 1 heterocycles. The van der Waals surface area contributed by atoms with Crippen molar-refractivity contribution in [3.63, 3.8) is 0 Å². The summed E-state index contributed by atoms with van der Waals surface area (Å²) in [6, 6.07) is 19.9. The molecule has 3 rings (SSSR count). The zero-order valence-corrected chi connectivity index (χ0v) is 15.3. The summed E-state index contributed by atoms with van der Waals surface area (Å²) in [7, 11) is 0. The van der Waals surface area contributed by atoms with Gasteiger partial charge in [-0.2, -0.15) is 0 Å². The maximum Gasteiger partial charge on any atom is 1.00 e.